The highest BCUT2D eigenvalue weighted by Gasteiger charge is 2.36. The molecule has 0 spiro atoms. The summed E-state index contributed by atoms with van der Waals surface area (Å²) in [6.07, 6.45) is 1.72. The van der Waals surface area contributed by atoms with Crippen LogP contribution in [0.2, 0.25) is 0 Å². The summed E-state index contributed by atoms with van der Waals surface area (Å²) in [6.45, 7) is 2.78. The second kappa shape index (κ2) is 5.12. The number of nitrogens with zero attached hydrogens (tertiary/aromatic N) is 1. The minimum absolute atomic E-state index is 0.0170. The van der Waals surface area contributed by atoms with E-state index in [2.05, 4.69) is 10.3 Å². The van der Waals surface area contributed by atoms with Crippen LogP contribution in [-0.4, -0.2) is 43.9 Å². The van der Waals surface area contributed by atoms with Crippen LogP contribution in [-0.2, 0) is 10.0 Å². The SMILES string of the molecule is CNCC1CCCN1S(=O)(=O)c1sc(=O)[nH]c1C. The van der Waals surface area contributed by atoms with Crippen molar-refractivity contribution in [2.24, 2.45) is 0 Å². The molecule has 1 fully saturated rings. The molecule has 1 unspecified atom stereocenters. The van der Waals surface area contributed by atoms with Gasteiger partial charge in [0, 0.05) is 24.8 Å². The maximum Gasteiger partial charge on any atom is 0.305 e. The first-order valence-corrected chi connectivity index (χ1v) is 8.08. The molecule has 0 aromatic carbocycles. The summed E-state index contributed by atoms with van der Waals surface area (Å²) in [5.41, 5.74) is 0.431. The quantitative estimate of drug-likeness (QED) is 0.825. The molecule has 6 nitrogen and oxygen atoms in total. The summed E-state index contributed by atoms with van der Waals surface area (Å²) in [4.78, 5) is 13.4. The van der Waals surface area contributed by atoms with E-state index in [1.165, 1.54) is 4.31 Å². The number of likely N-dealkylation sites (N-methyl/N-ethyl adjacent to an activating group) is 1. The van der Waals surface area contributed by atoms with Crippen LogP contribution < -0.4 is 10.2 Å². The van der Waals surface area contributed by atoms with Crippen molar-refractivity contribution in [2.45, 2.75) is 30.0 Å². The van der Waals surface area contributed by atoms with Crippen LogP contribution in [0.15, 0.2) is 9.00 Å². The third kappa shape index (κ3) is 2.37. The summed E-state index contributed by atoms with van der Waals surface area (Å²) in [7, 11) is -1.73. The normalized spacial score (nSPS) is 21.6. The fourth-order valence-electron chi connectivity index (χ4n) is 2.31. The Kier molecular flexibility index (Phi) is 3.90. The van der Waals surface area contributed by atoms with Crippen molar-refractivity contribution in [3.05, 3.63) is 15.4 Å². The van der Waals surface area contributed by atoms with Gasteiger partial charge in [-0.2, -0.15) is 4.31 Å². The number of H-pyrrole nitrogens is 1. The number of rotatable bonds is 4. The Morgan fingerprint density at radius 1 is 1.56 bits per heavy atom. The van der Waals surface area contributed by atoms with Crippen molar-refractivity contribution in [3.8, 4) is 0 Å². The van der Waals surface area contributed by atoms with Gasteiger partial charge in [0.2, 0.25) is 0 Å². The Labute approximate surface area is 110 Å². The van der Waals surface area contributed by atoms with Gasteiger partial charge in [0.1, 0.15) is 0 Å². The van der Waals surface area contributed by atoms with Gasteiger partial charge in [-0.3, -0.25) is 4.79 Å². The van der Waals surface area contributed by atoms with Crippen molar-refractivity contribution < 1.29 is 8.42 Å². The van der Waals surface area contributed by atoms with Crippen LogP contribution in [0.1, 0.15) is 18.5 Å². The summed E-state index contributed by atoms with van der Waals surface area (Å²) in [5, 5.41) is 3.01. The highest BCUT2D eigenvalue weighted by Crippen LogP contribution is 2.28. The summed E-state index contributed by atoms with van der Waals surface area (Å²) < 4.78 is 26.7. The molecule has 2 rings (SSSR count). The van der Waals surface area contributed by atoms with E-state index >= 15 is 0 Å². The van der Waals surface area contributed by atoms with Crippen molar-refractivity contribution in [2.75, 3.05) is 20.1 Å². The van der Waals surface area contributed by atoms with E-state index in [0.29, 0.717) is 18.8 Å². The molecular weight excluding hydrogens is 274 g/mol. The molecule has 2 N–H and O–H groups in total. The number of hydrogen-bond donors (Lipinski definition) is 2. The number of sulfonamides is 1. The number of thiazole rings is 1. The van der Waals surface area contributed by atoms with Gasteiger partial charge in [-0.05, 0) is 26.8 Å². The molecular formula is C10H17N3O3S2. The van der Waals surface area contributed by atoms with Crippen molar-refractivity contribution >= 4 is 21.4 Å². The Hall–Kier alpha value is -0.700. The van der Waals surface area contributed by atoms with Crippen molar-refractivity contribution in [1.82, 2.24) is 14.6 Å². The lowest BCUT2D eigenvalue weighted by molar-refractivity contribution is 0.380. The largest absolute Gasteiger partial charge is 0.318 e. The smallest absolute Gasteiger partial charge is 0.305 e. The zero-order valence-electron chi connectivity index (χ0n) is 10.4. The monoisotopic (exact) mass is 291 g/mol. The van der Waals surface area contributed by atoms with Crippen LogP contribution >= 0.6 is 11.3 Å². The number of aryl methyl sites for hydroxylation is 1. The third-order valence-electron chi connectivity index (χ3n) is 3.09. The fraction of sp³-hybridized carbons (Fsp3) is 0.700. The molecule has 1 aromatic heterocycles. The van der Waals surface area contributed by atoms with Gasteiger partial charge in [-0.25, -0.2) is 8.42 Å². The average Bonchev–Trinajstić information content (AvgIpc) is 2.86. The maximum absolute atomic E-state index is 12.5. The highest BCUT2D eigenvalue weighted by atomic mass is 32.2. The zero-order valence-corrected chi connectivity index (χ0v) is 12.0. The van der Waals surface area contributed by atoms with E-state index in [1.807, 2.05) is 7.05 Å². The molecule has 0 bridgehead atoms. The second-order valence-electron chi connectivity index (χ2n) is 4.40. The summed E-state index contributed by atoms with van der Waals surface area (Å²) >= 11 is 0.767. The molecule has 8 heteroatoms. The van der Waals surface area contributed by atoms with Crippen LogP contribution in [0, 0.1) is 6.92 Å². The van der Waals surface area contributed by atoms with Gasteiger partial charge < -0.3 is 10.3 Å². The van der Waals surface area contributed by atoms with Crippen LogP contribution in [0.3, 0.4) is 0 Å². The molecule has 102 valence electrons. The first-order chi connectivity index (χ1) is 8.46. The van der Waals surface area contributed by atoms with Gasteiger partial charge >= 0.3 is 4.87 Å². The Balaban J connectivity index is 2.36. The van der Waals surface area contributed by atoms with E-state index in [1.54, 1.807) is 6.92 Å². The first-order valence-electron chi connectivity index (χ1n) is 5.83. The molecule has 1 aliphatic rings. The first kappa shape index (κ1) is 13.7. The van der Waals surface area contributed by atoms with Gasteiger partial charge in [0.05, 0.1) is 0 Å². The Morgan fingerprint density at radius 2 is 2.28 bits per heavy atom. The van der Waals surface area contributed by atoms with E-state index < -0.39 is 10.0 Å². The molecule has 1 atom stereocenters. The van der Waals surface area contributed by atoms with Gasteiger partial charge in [-0.15, -0.1) is 0 Å². The highest BCUT2D eigenvalue weighted by molar-refractivity contribution is 7.91. The van der Waals surface area contributed by atoms with Gasteiger partial charge in [-0.1, -0.05) is 11.3 Å². The molecule has 2 heterocycles. The number of aromatic amines is 1. The zero-order chi connectivity index (χ0) is 13.3. The van der Waals surface area contributed by atoms with E-state index in [4.69, 9.17) is 0 Å². The molecule has 18 heavy (non-hydrogen) atoms. The van der Waals surface area contributed by atoms with Crippen LogP contribution in [0.5, 0.6) is 0 Å². The van der Waals surface area contributed by atoms with Crippen molar-refractivity contribution in [3.63, 3.8) is 0 Å². The van der Waals surface area contributed by atoms with Crippen LogP contribution in [0.25, 0.3) is 0 Å². The molecule has 0 radical (unpaired) electrons. The minimum atomic E-state index is -3.54. The average molecular weight is 291 g/mol. The van der Waals surface area contributed by atoms with E-state index in [0.717, 1.165) is 24.2 Å². The molecule has 0 aliphatic carbocycles. The molecule has 0 saturated carbocycles. The van der Waals surface area contributed by atoms with Gasteiger partial charge in [0.15, 0.2) is 4.21 Å². The third-order valence-corrected chi connectivity index (χ3v) is 6.62. The maximum atomic E-state index is 12.5. The predicted molar refractivity (Wildman–Crippen MR) is 70.5 cm³/mol. The Morgan fingerprint density at radius 3 is 2.83 bits per heavy atom. The van der Waals surface area contributed by atoms with Crippen LogP contribution in [0.4, 0.5) is 0 Å². The second-order valence-corrected chi connectivity index (χ2v) is 7.47. The fourth-order valence-corrected chi connectivity index (χ4v) is 5.41. The van der Waals surface area contributed by atoms with Gasteiger partial charge in [0.25, 0.3) is 10.0 Å². The van der Waals surface area contributed by atoms with E-state index in [-0.39, 0.29) is 15.1 Å². The number of hydrogen-bond acceptors (Lipinski definition) is 5. The lowest BCUT2D eigenvalue weighted by atomic mass is 10.2. The molecule has 0 amide bonds. The lowest BCUT2D eigenvalue weighted by Crippen LogP contribution is -2.40. The van der Waals surface area contributed by atoms with Crippen molar-refractivity contribution in [1.29, 1.82) is 0 Å². The standard InChI is InChI=1S/C10H17N3O3S2/c1-7-9(17-10(14)12-7)18(15,16)13-5-3-4-8(13)6-11-2/h8,11H,3-6H2,1-2H3,(H,12,14). The molecule has 1 aromatic rings. The lowest BCUT2D eigenvalue weighted by Gasteiger charge is -2.23. The number of nitrogens with one attached hydrogen (secondary N) is 2. The Bertz CT molecular complexity index is 575. The molecule has 1 saturated heterocycles. The predicted octanol–water partition coefficient (Wildman–Crippen LogP) is 0.117. The minimum Gasteiger partial charge on any atom is -0.318 e. The summed E-state index contributed by atoms with van der Waals surface area (Å²) in [6, 6.07) is -0.0170. The molecule has 1 aliphatic heterocycles. The topological polar surface area (TPSA) is 82.3 Å². The van der Waals surface area contributed by atoms with E-state index in [9.17, 15) is 13.2 Å². The number of aromatic nitrogens is 1. The summed E-state index contributed by atoms with van der Waals surface area (Å²) in [5.74, 6) is 0.